The Morgan fingerprint density at radius 1 is 0.868 bits per heavy atom. The lowest BCUT2D eigenvalue weighted by Crippen LogP contribution is -2.32. The molecule has 3 aromatic rings. The van der Waals surface area contributed by atoms with Crippen LogP contribution in [-0.4, -0.2) is 24.4 Å². The minimum atomic E-state index is -0.444. The minimum Gasteiger partial charge on any atom is -0.462 e. The van der Waals surface area contributed by atoms with Gasteiger partial charge in [-0.25, -0.2) is 9.69 Å². The molecule has 0 unspecified atom stereocenters. The number of hydrogen-bond acceptors (Lipinski definition) is 6. The number of nitrogens with one attached hydrogen (secondary N) is 1. The van der Waals surface area contributed by atoms with Gasteiger partial charge in [0.05, 0.1) is 17.9 Å². The highest BCUT2D eigenvalue weighted by Gasteiger charge is 2.40. The Morgan fingerprint density at radius 2 is 1.55 bits per heavy atom. The SMILES string of the molecule is CCCCc1ccc(NC2=C(Sc3ccc(C)cc3)C(=O)N(c3ccc(C(=O)OCCC)cc3)C2=O)cc1. The number of rotatable bonds is 11. The smallest absolute Gasteiger partial charge is 0.338 e. The number of aryl methyl sites for hydroxylation is 2. The lowest BCUT2D eigenvalue weighted by atomic mass is 10.1. The first-order valence-electron chi connectivity index (χ1n) is 12.9. The average molecular weight is 529 g/mol. The van der Waals surface area contributed by atoms with Crippen molar-refractivity contribution in [2.45, 2.75) is 51.3 Å². The van der Waals surface area contributed by atoms with Gasteiger partial charge in [-0.1, -0.05) is 61.9 Å². The maximum absolute atomic E-state index is 13.6. The summed E-state index contributed by atoms with van der Waals surface area (Å²) < 4.78 is 5.18. The van der Waals surface area contributed by atoms with E-state index in [2.05, 4.69) is 12.2 Å². The van der Waals surface area contributed by atoms with Crippen molar-refractivity contribution in [3.63, 3.8) is 0 Å². The third-order valence-electron chi connectivity index (χ3n) is 6.12. The molecule has 1 heterocycles. The van der Waals surface area contributed by atoms with Gasteiger partial charge in [0.25, 0.3) is 11.8 Å². The van der Waals surface area contributed by atoms with E-state index in [0.717, 1.165) is 46.7 Å². The van der Waals surface area contributed by atoms with E-state index in [1.54, 1.807) is 24.3 Å². The second-order valence-corrected chi connectivity index (χ2v) is 10.3. The molecule has 0 radical (unpaired) electrons. The van der Waals surface area contributed by atoms with Gasteiger partial charge in [-0.05, 0) is 80.3 Å². The molecule has 0 saturated heterocycles. The Balaban J connectivity index is 1.62. The largest absolute Gasteiger partial charge is 0.462 e. The van der Waals surface area contributed by atoms with Gasteiger partial charge in [0.1, 0.15) is 10.6 Å². The zero-order valence-corrected chi connectivity index (χ0v) is 22.8. The molecule has 1 N–H and O–H groups in total. The van der Waals surface area contributed by atoms with Crippen LogP contribution in [0.3, 0.4) is 0 Å². The molecule has 7 heteroatoms. The van der Waals surface area contributed by atoms with Crippen LogP contribution in [0.5, 0.6) is 0 Å². The van der Waals surface area contributed by atoms with Crippen molar-refractivity contribution in [1.82, 2.24) is 0 Å². The summed E-state index contributed by atoms with van der Waals surface area (Å²) in [5.74, 6) is -1.29. The lowest BCUT2D eigenvalue weighted by molar-refractivity contribution is -0.120. The number of thioether (sulfide) groups is 1. The van der Waals surface area contributed by atoms with Crippen LogP contribution < -0.4 is 10.2 Å². The molecule has 196 valence electrons. The highest BCUT2D eigenvalue weighted by atomic mass is 32.2. The number of benzene rings is 3. The van der Waals surface area contributed by atoms with E-state index >= 15 is 0 Å². The summed E-state index contributed by atoms with van der Waals surface area (Å²) in [6.07, 6.45) is 3.97. The maximum Gasteiger partial charge on any atom is 0.338 e. The second-order valence-electron chi connectivity index (χ2n) is 9.17. The average Bonchev–Trinajstić information content (AvgIpc) is 3.16. The van der Waals surface area contributed by atoms with Gasteiger partial charge in [-0.2, -0.15) is 0 Å². The summed E-state index contributed by atoms with van der Waals surface area (Å²) >= 11 is 1.26. The quantitative estimate of drug-likeness (QED) is 0.216. The highest BCUT2D eigenvalue weighted by molar-refractivity contribution is 8.04. The van der Waals surface area contributed by atoms with Crippen LogP contribution in [0.2, 0.25) is 0 Å². The first-order chi connectivity index (χ1) is 18.4. The van der Waals surface area contributed by atoms with E-state index in [9.17, 15) is 14.4 Å². The number of nitrogens with zero attached hydrogens (tertiary/aromatic N) is 1. The fourth-order valence-electron chi connectivity index (χ4n) is 3.98. The summed E-state index contributed by atoms with van der Waals surface area (Å²) in [5, 5.41) is 3.21. The van der Waals surface area contributed by atoms with E-state index in [-0.39, 0.29) is 5.70 Å². The standard InChI is InChI=1S/C31H32N2O4S/c1-4-6-7-22-10-14-24(15-11-22)32-27-28(38-26-18-8-21(3)9-19-26)30(35)33(29(27)34)25-16-12-23(13-17-25)31(36)37-20-5-2/h8-19,32H,4-7,20H2,1-3H3. The van der Waals surface area contributed by atoms with Crippen molar-refractivity contribution in [3.8, 4) is 0 Å². The molecule has 4 rings (SSSR count). The van der Waals surface area contributed by atoms with E-state index in [1.807, 2.05) is 62.4 Å². The number of unbranched alkanes of at least 4 members (excludes halogenated alkanes) is 1. The Labute approximate surface area is 228 Å². The third-order valence-corrected chi connectivity index (χ3v) is 7.21. The Morgan fingerprint density at radius 3 is 2.18 bits per heavy atom. The van der Waals surface area contributed by atoms with Crippen LogP contribution in [0.4, 0.5) is 11.4 Å². The van der Waals surface area contributed by atoms with E-state index < -0.39 is 17.8 Å². The van der Waals surface area contributed by atoms with Crippen molar-refractivity contribution in [2.24, 2.45) is 0 Å². The Kier molecular flexibility index (Phi) is 9.02. The van der Waals surface area contributed by atoms with Crippen molar-refractivity contribution in [2.75, 3.05) is 16.8 Å². The van der Waals surface area contributed by atoms with E-state index in [4.69, 9.17) is 4.74 Å². The van der Waals surface area contributed by atoms with Gasteiger partial charge in [0, 0.05) is 10.6 Å². The molecule has 2 amide bonds. The molecule has 3 aromatic carbocycles. The lowest BCUT2D eigenvalue weighted by Gasteiger charge is -2.16. The van der Waals surface area contributed by atoms with Gasteiger partial charge in [0.15, 0.2) is 0 Å². The van der Waals surface area contributed by atoms with Crippen molar-refractivity contribution >= 4 is 40.9 Å². The third kappa shape index (κ3) is 6.34. The predicted octanol–water partition coefficient (Wildman–Crippen LogP) is 6.89. The molecule has 0 aliphatic carbocycles. The summed E-state index contributed by atoms with van der Waals surface area (Å²) in [4.78, 5) is 41.8. The maximum atomic E-state index is 13.6. The molecule has 0 atom stereocenters. The fraction of sp³-hybridized carbons (Fsp3) is 0.258. The molecular weight excluding hydrogens is 496 g/mol. The predicted molar refractivity (Wildman–Crippen MR) is 152 cm³/mol. The summed E-state index contributed by atoms with van der Waals surface area (Å²) in [7, 11) is 0. The number of hydrogen-bond donors (Lipinski definition) is 1. The van der Waals surface area contributed by atoms with Crippen molar-refractivity contribution < 1.29 is 19.1 Å². The number of anilines is 2. The number of ether oxygens (including phenoxy) is 1. The Bertz CT molecular complexity index is 1330. The van der Waals surface area contributed by atoms with Gasteiger partial charge in [-0.3, -0.25) is 9.59 Å². The molecule has 0 fully saturated rings. The zero-order valence-electron chi connectivity index (χ0n) is 22.0. The molecule has 0 aromatic heterocycles. The Hall–Kier alpha value is -3.84. The van der Waals surface area contributed by atoms with Crippen LogP contribution in [0.15, 0.2) is 88.3 Å². The van der Waals surface area contributed by atoms with Crippen LogP contribution in [0.25, 0.3) is 0 Å². The van der Waals surface area contributed by atoms with Crippen molar-refractivity contribution in [3.05, 3.63) is 100 Å². The molecule has 1 aliphatic heterocycles. The van der Waals surface area contributed by atoms with E-state index in [1.165, 1.54) is 17.3 Å². The number of carbonyl (C=O) groups is 3. The number of esters is 1. The molecule has 1 aliphatic rings. The van der Waals surface area contributed by atoms with E-state index in [0.29, 0.717) is 22.8 Å². The zero-order chi connectivity index (χ0) is 27.1. The highest BCUT2D eigenvalue weighted by Crippen LogP contribution is 2.38. The van der Waals surface area contributed by atoms with Crippen LogP contribution in [0, 0.1) is 6.92 Å². The fourth-order valence-corrected chi connectivity index (χ4v) is 4.90. The number of imide groups is 1. The number of carbonyl (C=O) groups excluding carboxylic acids is 3. The van der Waals surface area contributed by atoms with Gasteiger partial charge < -0.3 is 10.1 Å². The monoisotopic (exact) mass is 528 g/mol. The summed E-state index contributed by atoms with van der Waals surface area (Å²) in [6.45, 7) is 6.42. The minimum absolute atomic E-state index is 0.230. The summed E-state index contributed by atoms with van der Waals surface area (Å²) in [5.41, 5.74) is 4.06. The topological polar surface area (TPSA) is 75.7 Å². The van der Waals surface area contributed by atoms with Gasteiger partial charge in [0.2, 0.25) is 0 Å². The first-order valence-corrected chi connectivity index (χ1v) is 13.7. The molecule has 0 bridgehead atoms. The molecule has 6 nitrogen and oxygen atoms in total. The second kappa shape index (κ2) is 12.6. The number of amides is 2. The first kappa shape index (κ1) is 27.2. The molecular formula is C31H32N2O4S. The van der Waals surface area contributed by atoms with Crippen LogP contribution in [-0.2, 0) is 20.7 Å². The molecule has 0 spiro atoms. The molecule has 38 heavy (non-hydrogen) atoms. The van der Waals surface area contributed by atoms with Gasteiger partial charge >= 0.3 is 5.97 Å². The summed E-state index contributed by atoms with van der Waals surface area (Å²) in [6, 6.07) is 22.1. The van der Waals surface area contributed by atoms with Crippen molar-refractivity contribution in [1.29, 1.82) is 0 Å². The van der Waals surface area contributed by atoms with Crippen LogP contribution in [0.1, 0.15) is 54.6 Å². The van der Waals surface area contributed by atoms with Gasteiger partial charge in [-0.15, -0.1) is 0 Å². The van der Waals surface area contributed by atoms with Crippen LogP contribution >= 0.6 is 11.8 Å². The normalized spacial score (nSPS) is 13.3. The molecule has 0 saturated carbocycles.